The van der Waals surface area contributed by atoms with Crippen molar-refractivity contribution in [2.24, 2.45) is 0 Å². The van der Waals surface area contributed by atoms with E-state index in [0.717, 1.165) is 25.7 Å². The molecule has 0 aromatic carbocycles. The first-order valence-corrected chi connectivity index (χ1v) is 11.8. The van der Waals surface area contributed by atoms with E-state index in [4.69, 9.17) is 19.7 Å². The standard InChI is InChI=1S/C18H28N7O5P/c1-3-28-17(26)10(2)24-31(27)29-8-12-6-7-13(30-12)25-9-20-14-15(21-11-4-5-11)22-18(19)23-16(14)25/h9-13,31H,3-8H2,1-2H3,(H,24,27)(H3,19,21,22,23)/t10-,12-,13+/m0/s1. The molecule has 4 rings (SSSR count). The van der Waals surface area contributed by atoms with Crippen LogP contribution < -0.4 is 16.1 Å². The molecule has 1 saturated heterocycles. The van der Waals surface area contributed by atoms with Crippen LogP contribution in [0.4, 0.5) is 11.8 Å². The van der Waals surface area contributed by atoms with Crippen LogP contribution in [0, 0.1) is 0 Å². The average molecular weight is 453 g/mol. The van der Waals surface area contributed by atoms with Gasteiger partial charge in [0.1, 0.15) is 12.3 Å². The van der Waals surface area contributed by atoms with Crippen LogP contribution in [0.15, 0.2) is 6.33 Å². The molecule has 1 aliphatic carbocycles. The number of nitrogens with two attached hydrogens (primary N) is 1. The van der Waals surface area contributed by atoms with Gasteiger partial charge in [-0.1, -0.05) is 0 Å². The van der Waals surface area contributed by atoms with Gasteiger partial charge < -0.3 is 25.0 Å². The minimum atomic E-state index is -2.61. The second kappa shape index (κ2) is 9.47. The molecule has 12 nitrogen and oxygen atoms in total. The highest BCUT2D eigenvalue weighted by Gasteiger charge is 2.30. The summed E-state index contributed by atoms with van der Waals surface area (Å²) in [5, 5.41) is 5.96. The summed E-state index contributed by atoms with van der Waals surface area (Å²) in [6, 6.07) is -0.292. The Morgan fingerprint density at radius 1 is 1.39 bits per heavy atom. The van der Waals surface area contributed by atoms with E-state index in [1.54, 1.807) is 20.2 Å². The van der Waals surface area contributed by atoms with Crippen molar-refractivity contribution in [2.75, 3.05) is 24.3 Å². The van der Waals surface area contributed by atoms with E-state index in [1.807, 2.05) is 4.57 Å². The van der Waals surface area contributed by atoms with Gasteiger partial charge in [-0.15, -0.1) is 0 Å². The van der Waals surface area contributed by atoms with E-state index >= 15 is 0 Å². The summed E-state index contributed by atoms with van der Waals surface area (Å²) in [5.41, 5.74) is 7.17. The monoisotopic (exact) mass is 453 g/mol. The number of esters is 1. The number of carbonyl (C=O) groups excluding carboxylic acids is 1. The molecule has 3 heterocycles. The van der Waals surface area contributed by atoms with Gasteiger partial charge in [0.05, 0.1) is 25.6 Å². The Bertz CT molecular complexity index is 966. The first-order valence-electron chi connectivity index (χ1n) is 10.5. The highest BCUT2D eigenvalue weighted by atomic mass is 31.1. The van der Waals surface area contributed by atoms with Gasteiger partial charge in [0.2, 0.25) is 5.95 Å². The third-order valence-corrected chi connectivity index (χ3v) is 6.22. The fraction of sp³-hybridized carbons (Fsp3) is 0.667. The number of ether oxygens (including phenoxy) is 2. The van der Waals surface area contributed by atoms with Crippen LogP contribution in [0.5, 0.6) is 0 Å². The quantitative estimate of drug-likeness (QED) is 0.355. The topological polar surface area (TPSA) is 156 Å². The third-order valence-electron chi connectivity index (χ3n) is 5.13. The van der Waals surface area contributed by atoms with E-state index in [2.05, 4.69) is 25.4 Å². The zero-order valence-electron chi connectivity index (χ0n) is 17.5. The summed E-state index contributed by atoms with van der Waals surface area (Å²) in [6.45, 7) is 3.71. The number of nitrogens with one attached hydrogen (secondary N) is 2. The van der Waals surface area contributed by atoms with Crippen LogP contribution in [-0.4, -0.2) is 56.9 Å². The molecule has 2 aromatic heterocycles. The largest absolute Gasteiger partial charge is 0.465 e. The van der Waals surface area contributed by atoms with Crippen molar-refractivity contribution in [1.82, 2.24) is 24.6 Å². The van der Waals surface area contributed by atoms with Crippen molar-refractivity contribution in [3.63, 3.8) is 0 Å². The Morgan fingerprint density at radius 3 is 2.94 bits per heavy atom. The summed E-state index contributed by atoms with van der Waals surface area (Å²) >= 11 is 0. The Balaban J connectivity index is 1.34. The first kappa shape index (κ1) is 21.9. The van der Waals surface area contributed by atoms with E-state index in [-0.39, 0.29) is 31.5 Å². The molecule has 0 bridgehead atoms. The van der Waals surface area contributed by atoms with Crippen LogP contribution in [0.1, 0.15) is 45.8 Å². The molecule has 0 amide bonds. The van der Waals surface area contributed by atoms with Gasteiger partial charge >= 0.3 is 5.97 Å². The predicted molar refractivity (Wildman–Crippen MR) is 114 cm³/mol. The van der Waals surface area contributed by atoms with Crippen molar-refractivity contribution in [3.8, 4) is 0 Å². The van der Waals surface area contributed by atoms with Gasteiger partial charge in [0, 0.05) is 6.04 Å². The molecular formula is C18H28N7O5P. The minimum Gasteiger partial charge on any atom is -0.465 e. The molecule has 4 atom stereocenters. The molecule has 0 radical (unpaired) electrons. The van der Waals surface area contributed by atoms with E-state index in [1.165, 1.54) is 0 Å². The number of imidazole rings is 1. The normalized spacial score (nSPS) is 23.0. The Kier molecular flexibility index (Phi) is 6.71. The number of fused-ring (bicyclic) bond motifs is 1. The average Bonchev–Trinajstić information content (AvgIpc) is 3.24. The van der Waals surface area contributed by atoms with Crippen molar-refractivity contribution >= 4 is 37.1 Å². The maximum absolute atomic E-state index is 12.1. The van der Waals surface area contributed by atoms with Crippen LogP contribution in [0.25, 0.3) is 11.2 Å². The first-order chi connectivity index (χ1) is 14.9. The van der Waals surface area contributed by atoms with Crippen LogP contribution >= 0.6 is 8.18 Å². The maximum Gasteiger partial charge on any atom is 0.323 e. The van der Waals surface area contributed by atoms with Crippen molar-refractivity contribution in [2.45, 2.75) is 63.9 Å². The zero-order valence-corrected chi connectivity index (χ0v) is 18.5. The summed E-state index contributed by atoms with van der Waals surface area (Å²) in [5.74, 6) is 0.350. The highest BCUT2D eigenvalue weighted by molar-refractivity contribution is 7.36. The fourth-order valence-corrected chi connectivity index (χ4v) is 4.29. The van der Waals surface area contributed by atoms with Crippen LogP contribution in [0.2, 0.25) is 0 Å². The van der Waals surface area contributed by atoms with Crippen LogP contribution in [-0.2, 0) is 23.4 Å². The number of hydrogen-bond acceptors (Lipinski definition) is 10. The van der Waals surface area contributed by atoms with Crippen molar-refractivity contribution in [1.29, 1.82) is 0 Å². The van der Waals surface area contributed by atoms with E-state index in [0.29, 0.717) is 23.0 Å². The third kappa shape index (κ3) is 5.32. The zero-order chi connectivity index (χ0) is 22.0. The lowest BCUT2D eigenvalue weighted by molar-refractivity contribution is -0.144. The lowest BCUT2D eigenvalue weighted by atomic mass is 10.2. The molecule has 2 fully saturated rings. The second-order valence-electron chi connectivity index (χ2n) is 7.68. The number of anilines is 2. The minimum absolute atomic E-state index is 0.148. The maximum atomic E-state index is 12.1. The number of nitrogens with zero attached hydrogens (tertiary/aromatic N) is 4. The number of hydrogen-bond donors (Lipinski definition) is 3. The van der Waals surface area contributed by atoms with Gasteiger partial charge in [0.25, 0.3) is 8.18 Å². The Hall–Kier alpha value is -2.27. The van der Waals surface area contributed by atoms with Crippen LogP contribution in [0.3, 0.4) is 0 Å². The molecule has 1 aliphatic heterocycles. The predicted octanol–water partition coefficient (Wildman–Crippen LogP) is 1.61. The highest BCUT2D eigenvalue weighted by Crippen LogP contribution is 2.34. The van der Waals surface area contributed by atoms with Crippen molar-refractivity contribution < 1.29 is 23.4 Å². The lowest BCUT2D eigenvalue weighted by Crippen LogP contribution is -2.31. The van der Waals surface area contributed by atoms with Crippen molar-refractivity contribution in [3.05, 3.63) is 6.33 Å². The molecule has 4 N–H and O–H groups in total. The second-order valence-corrected chi connectivity index (χ2v) is 8.83. The number of nitrogen functional groups attached to an aromatic ring is 1. The van der Waals surface area contributed by atoms with E-state index < -0.39 is 20.2 Å². The summed E-state index contributed by atoms with van der Waals surface area (Å²) < 4.78 is 30.3. The molecule has 13 heteroatoms. The number of carbonyl (C=O) groups is 1. The summed E-state index contributed by atoms with van der Waals surface area (Å²) in [4.78, 5) is 24.7. The molecular weight excluding hydrogens is 425 g/mol. The van der Waals surface area contributed by atoms with Gasteiger partial charge in [-0.05, 0) is 39.5 Å². The van der Waals surface area contributed by atoms with E-state index in [9.17, 15) is 9.36 Å². The molecule has 1 unspecified atom stereocenters. The Labute approximate surface area is 180 Å². The summed E-state index contributed by atoms with van der Waals surface area (Å²) in [7, 11) is -2.61. The van der Waals surface area contributed by atoms with Gasteiger partial charge in [-0.3, -0.25) is 13.9 Å². The van der Waals surface area contributed by atoms with Gasteiger partial charge in [-0.2, -0.15) is 9.97 Å². The SMILES string of the molecule is CCOC(=O)[C@H](C)N[PH](=O)OC[C@@H]1CC[C@H](n2cnc3c(NC4CC4)nc(N)nc32)O1. The molecule has 1 saturated carbocycles. The molecule has 0 spiro atoms. The molecule has 2 aliphatic rings. The lowest BCUT2D eigenvalue weighted by Gasteiger charge is -2.17. The number of aromatic nitrogens is 4. The number of rotatable bonds is 10. The summed E-state index contributed by atoms with van der Waals surface area (Å²) in [6.07, 6.45) is 4.82. The molecule has 2 aromatic rings. The molecule has 31 heavy (non-hydrogen) atoms. The Morgan fingerprint density at radius 2 is 2.19 bits per heavy atom. The smallest absolute Gasteiger partial charge is 0.323 e. The fourth-order valence-electron chi connectivity index (χ4n) is 3.39. The molecule has 170 valence electrons. The van der Waals surface area contributed by atoms with Gasteiger partial charge in [-0.25, -0.2) is 10.1 Å². The van der Waals surface area contributed by atoms with Gasteiger partial charge in [0.15, 0.2) is 17.0 Å².